The lowest BCUT2D eigenvalue weighted by Crippen LogP contribution is -2.51. The zero-order valence-corrected chi connectivity index (χ0v) is 24.4. The number of nitrogens with zero attached hydrogens (tertiary/aromatic N) is 3. The third-order valence-corrected chi connectivity index (χ3v) is 7.99. The van der Waals surface area contributed by atoms with E-state index in [0.717, 1.165) is 17.7 Å². The number of aromatic nitrogens is 4. The van der Waals surface area contributed by atoms with Gasteiger partial charge in [-0.1, -0.05) is 32.0 Å². The largest absolute Gasteiger partial charge is 0.463 e. The van der Waals surface area contributed by atoms with Crippen LogP contribution in [-0.4, -0.2) is 56.5 Å². The van der Waals surface area contributed by atoms with Gasteiger partial charge in [0.2, 0.25) is 11.3 Å². The highest BCUT2D eigenvalue weighted by Crippen LogP contribution is 2.34. The van der Waals surface area contributed by atoms with Crippen molar-refractivity contribution >= 4 is 23.0 Å². The van der Waals surface area contributed by atoms with Crippen molar-refractivity contribution in [2.45, 2.75) is 38.8 Å². The number of aromatic amines is 2. The molecule has 3 N–H and O–H groups in total. The molecule has 1 saturated heterocycles. The van der Waals surface area contributed by atoms with E-state index in [4.69, 9.17) is 9.15 Å². The number of fused-ring (bicyclic) bond motifs is 1. The van der Waals surface area contributed by atoms with Gasteiger partial charge in [-0.15, -0.1) is 0 Å². The van der Waals surface area contributed by atoms with Crippen LogP contribution in [0.25, 0.3) is 44.6 Å². The van der Waals surface area contributed by atoms with Gasteiger partial charge in [0.15, 0.2) is 0 Å². The number of H-pyrrole nitrogens is 2. The number of carbonyl (C=O) groups is 2. The first-order valence-electron chi connectivity index (χ1n) is 14.3. The Kier molecular flexibility index (Phi) is 7.73. The molecule has 0 saturated carbocycles. The van der Waals surface area contributed by atoms with Crippen LogP contribution in [0.15, 0.2) is 70.6 Å². The van der Waals surface area contributed by atoms with Gasteiger partial charge in [-0.3, -0.25) is 9.59 Å². The van der Waals surface area contributed by atoms with Gasteiger partial charge in [0, 0.05) is 23.2 Å². The van der Waals surface area contributed by atoms with Crippen LogP contribution in [0.3, 0.4) is 0 Å². The lowest BCUT2D eigenvalue weighted by atomic mass is 10.0. The summed E-state index contributed by atoms with van der Waals surface area (Å²) in [6.45, 7) is 4.23. The molecule has 0 aliphatic carbocycles. The van der Waals surface area contributed by atoms with Gasteiger partial charge in [-0.05, 0) is 37.0 Å². The van der Waals surface area contributed by atoms with E-state index in [-0.39, 0.29) is 34.4 Å². The number of nitrogens with one attached hydrogen (secondary N) is 3. The number of likely N-dealkylation sites (tertiary alicyclic amines) is 1. The Balaban J connectivity index is 1.24. The van der Waals surface area contributed by atoms with Crippen molar-refractivity contribution in [3.8, 4) is 33.6 Å². The molecule has 11 nitrogen and oxygen atoms in total. The number of rotatable bonds is 7. The SMILES string of the molecule is COC(=O)NC(C(=O)N1CCCC1c1ncc(-c2ccc(-c3coc4cc(-c5cnc[nH]5)ccc4c3=O)c(F)c2)[nH]1)C(C)C. The summed E-state index contributed by atoms with van der Waals surface area (Å²) in [6.07, 6.45) is 6.91. The first-order chi connectivity index (χ1) is 21.2. The second-order valence-electron chi connectivity index (χ2n) is 11.1. The summed E-state index contributed by atoms with van der Waals surface area (Å²) in [5.41, 5.74) is 2.96. The van der Waals surface area contributed by atoms with Crippen molar-refractivity contribution in [1.82, 2.24) is 30.2 Å². The number of ether oxygens (including phenoxy) is 1. The van der Waals surface area contributed by atoms with E-state index in [0.29, 0.717) is 41.0 Å². The minimum atomic E-state index is -0.745. The summed E-state index contributed by atoms with van der Waals surface area (Å²) in [5, 5.41) is 2.97. The smallest absolute Gasteiger partial charge is 0.407 e. The maximum Gasteiger partial charge on any atom is 0.407 e. The van der Waals surface area contributed by atoms with Gasteiger partial charge in [0.1, 0.15) is 29.5 Å². The first kappa shape index (κ1) is 28.8. The van der Waals surface area contributed by atoms with E-state index in [1.54, 1.807) is 54.0 Å². The average Bonchev–Trinajstić information content (AvgIpc) is 3.82. The summed E-state index contributed by atoms with van der Waals surface area (Å²) >= 11 is 0. The molecule has 2 unspecified atom stereocenters. The zero-order valence-electron chi connectivity index (χ0n) is 24.4. The zero-order chi connectivity index (χ0) is 31.0. The van der Waals surface area contributed by atoms with Gasteiger partial charge >= 0.3 is 6.09 Å². The van der Waals surface area contributed by atoms with Crippen molar-refractivity contribution < 1.29 is 23.1 Å². The van der Waals surface area contributed by atoms with Gasteiger partial charge in [-0.2, -0.15) is 0 Å². The third-order valence-electron chi connectivity index (χ3n) is 7.99. The van der Waals surface area contributed by atoms with Crippen molar-refractivity contribution in [3.63, 3.8) is 0 Å². The maximum absolute atomic E-state index is 15.5. The Bertz CT molecular complexity index is 1900. The second kappa shape index (κ2) is 11.8. The number of benzene rings is 2. The normalized spacial score (nSPS) is 15.6. The van der Waals surface area contributed by atoms with Crippen molar-refractivity contribution in [2.24, 2.45) is 5.92 Å². The van der Waals surface area contributed by atoms with Gasteiger partial charge in [0.25, 0.3) is 0 Å². The molecule has 0 bridgehead atoms. The lowest BCUT2D eigenvalue weighted by molar-refractivity contribution is -0.135. The van der Waals surface area contributed by atoms with E-state index in [1.165, 1.54) is 19.4 Å². The Morgan fingerprint density at radius 1 is 1.11 bits per heavy atom. The van der Waals surface area contributed by atoms with Crippen molar-refractivity contribution in [2.75, 3.05) is 13.7 Å². The van der Waals surface area contributed by atoms with Crippen LogP contribution in [0.4, 0.5) is 9.18 Å². The van der Waals surface area contributed by atoms with Crippen LogP contribution in [0.2, 0.25) is 0 Å². The van der Waals surface area contributed by atoms with Crippen LogP contribution in [-0.2, 0) is 9.53 Å². The summed E-state index contributed by atoms with van der Waals surface area (Å²) in [5.74, 6) is -0.389. The number of hydrogen-bond acceptors (Lipinski definition) is 7. The van der Waals surface area contributed by atoms with Gasteiger partial charge < -0.3 is 29.3 Å². The summed E-state index contributed by atoms with van der Waals surface area (Å²) in [6, 6.07) is 8.69. The number of halogens is 1. The van der Waals surface area contributed by atoms with Gasteiger partial charge in [0.05, 0.1) is 54.2 Å². The quantitative estimate of drug-likeness (QED) is 0.227. The molecule has 1 aliphatic rings. The molecule has 0 spiro atoms. The molecule has 1 fully saturated rings. The van der Waals surface area contributed by atoms with Crippen LogP contribution >= 0.6 is 0 Å². The highest BCUT2D eigenvalue weighted by atomic mass is 19.1. The fourth-order valence-electron chi connectivity index (χ4n) is 5.64. The fraction of sp³-hybridized carbons (Fsp3) is 0.281. The third kappa shape index (κ3) is 5.34. The minimum Gasteiger partial charge on any atom is -0.463 e. The highest BCUT2D eigenvalue weighted by Gasteiger charge is 2.37. The highest BCUT2D eigenvalue weighted by molar-refractivity contribution is 5.87. The molecule has 3 aromatic heterocycles. The first-order valence-corrected chi connectivity index (χ1v) is 14.3. The van der Waals surface area contributed by atoms with Gasteiger partial charge in [-0.25, -0.2) is 19.2 Å². The number of imidazole rings is 2. The van der Waals surface area contributed by atoms with E-state index in [2.05, 4.69) is 25.3 Å². The Morgan fingerprint density at radius 2 is 1.91 bits per heavy atom. The molecule has 2 amide bonds. The molecule has 226 valence electrons. The molecule has 2 atom stereocenters. The predicted molar refractivity (Wildman–Crippen MR) is 161 cm³/mol. The van der Waals surface area contributed by atoms with Crippen LogP contribution < -0.4 is 10.7 Å². The topological polar surface area (TPSA) is 146 Å². The standard InChI is InChI=1S/C32H31FN6O5/c1-17(2)28(38-32(42)43-3)31(41)39-10-4-5-26(39)30-35-14-25(37-30)18-6-8-20(23(33)11-18)22-15-44-27-12-19(24-13-34-16-36-24)7-9-21(27)29(22)40/h6-9,11-17,26,28H,4-5,10H2,1-3H3,(H,34,36)(H,35,37)(H,38,42). The van der Waals surface area contributed by atoms with E-state index in [1.807, 2.05) is 13.8 Å². The molecule has 5 aromatic rings. The molecule has 4 heterocycles. The monoisotopic (exact) mass is 598 g/mol. The van der Waals surface area contributed by atoms with E-state index in [9.17, 15) is 14.4 Å². The van der Waals surface area contributed by atoms with Crippen LogP contribution in [0.1, 0.15) is 38.6 Å². The predicted octanol–water partition coefficient (Wildman–Crippen LogP) is 5.42. The number of hydrogen-bond donors (Lipinski definition) is 3. The Labute approximate surface area is 251 Å². The number of amides is 2. The van der Waals surface area contributed by atoms with Crippen molar-refractivity contribution in [3.05, 3.63) is 83.2 Å². The van der Waals surface area contributed by atoms with Crippen LogP contribution in [0, 0.1) is 11.7 Å². The molecule has 6 rings (SSSR count). The molecule has 44 heavy (non-hydrogen) atoms. The molecular formula is C32H31FN6O5. The number of carbonyl (C=O) groups excluding carboxylic acids is 2. The molecule has 2 aromatic carbocycles. The molecule has 12 heteroatoms. The fourth-order valence-corrected chi connectivity index (χ4v) is 5.64. The molecular weight excluding hydrogens is 567 g/mol. The van der Waals surface area contributed by atoms with E-state index < -0.39 is 18.0 Å². The summed E-state index contributed by atoms with van der Waals surface area (Å²) < 4.78 is 26.0. The Morgan fingerprint density at radius 3 is 2.64 bits per heavy atom. The van der Waals surface area contributed by atoms with Crippen molar-refractivity contribution in [1.29, 1.82) is 0 Å². The average molecular weight is 599 g/mol. The lowest BCUT2D eigenvalue weighted by Gasteiger charge is -2.30. The number of methoxy groups -OCH3 is 1. The van der Waals surface area contributed by atoms with Crippen LogP contribution in [0.5, 0.6) is 0 Å². The molecule has 1 aliphatic heterocycles. The van der Waals surface area contributed by atoms with E-state index >= 15 is 4.39 Å². The molecule has 0 radical (unpaired) electrons. The number of alkyl carbamates (subject to hydrolysis) is 1. The Hall–Kier alpha value is -5.26. The second-order valence-corrected chi connectivity index (χ2v) is 11.1. The summed E-state index contributed by atoms with van der Waals surface area (Å²) in [7, 11) is 1.26. The summed E-state index contributed by atoms with van der Waals surface area (Å²) in [4.78, 5) is 55.1. The minimum absolute atomic E-state index is 0.113. The maximum atomic E-state index is 15.5.